The second-order valence-corrected chi connectivity index (χ2v) is 5.49. The number of nitrogens with one attached hydrogen (secondary N) is 2. The second kappa shape index (κ2) is 5.33. The summed E-state index contributed by atoms with van der Waals surface area (Å²) in [6.07, 6.45) is 2.79. The molecule has 0 saturated heterocycles. The molecule has 19 heavy (non-hydrogen) atoms. The van der Waals surface area contributed by atoms with Crippen LogP contribution in [0.5, 0.6) is 0 Å². The summed E-state index contributed by atoms with van der Waals surface area (Å²) >= 11 is 0. The summed E-state index contributed by atoms with van der Waals surface area (Å²) in [6.45, 7) is 1.72. The first kappa shape index (κ1) is 13.4. The van der Waals surface area contributed by atoms with Crippen LogP contribution in [0.25, 0.3) is 0 Å². The van der Waals surface area contributed by atoms with Crippen molar-refractivity contribution in [3.8, 4) is 0 Å². The molecular weight excluding hydrogens is 272 g/mol. The molecule has 2 heterocycles. The molecule has 0 fully saturated rings. The summed E-state index contributed by atoms with van der Waals surface area (Å²) in [4.78, 5) is 17.6. The molecule has 0 amide bonds. The van der Waals surface area contributed by atoms with Gasteiger partial charge >= 0.3 is 0 Å². The van der Waals surface area contributed by atoms with Crippen molar-refractivity contribution in [1.29, 1.82) is 0 Å². The highest BCUT2D eigenvalue weighted by Gasteiger charge is 2.17. The lowest BCUT2D eigenvalue weighted by atomic mass is 10.4. The monoisotopic (exact) mass is 284 g/mol. The molecule has 9 heteroatoms. The van der Waals surface area contributed by atoms with Gasteiger partial charge in [0.2, 0.25) is 21.3 Å². The quantitative estimate of drug-likeness (QED) is 0.770. The van der Waals surface area contributed by atoms with Crippen molar-refractivity contribution in [3.63, 3.8) is 0 Å². The summed E-state index contributed by atoms with van der Waals surface area (Å²) < 4.78 is 30.8. The Morgan fingerprint density at radius 1 is 1.47 bits per heavy atom. The van der Waals surface area contributed by atoms with Crippen LogP contribution in [0.15, 0.2) is 32.7 Å². The summed E-state index contributed by atoms with van der Waals surface area (Å²) in [5.74, 6) is 0.819. The van der Waals surface area contributed by atoms with E-state index in [0.717, 1.165) is 12.3 Å². The third kappa shape index (κ3) is 3.26. The largest absolute Gasteiger partial charge is 0.366 e. The van der Waals surface area contributed by atoms with Crippen molar-refractivity contribution in [2.45, 2.75) is 18.2 Å². The van der Waals surface area contributed by atoms with E-state index >= 15 is 0 Å². The highest BCUT2D eigenvalue weighted by atomic mass is 32.2. The van der Waals surface area contributed by atoms with E-state index in [9.17, 15) is 13.2 Å². The molecule has 2 N–H and O–H groups in total. The molecule has 0 atom stereocenters. The Bertz CT molecular complexity index is 719. The first-order valence-electron chi connectivity index (χ1n) is 5.45. The number of pyridine rings is 1. The molecule has 8 nitrogen and oxygen atoms in total. The highest BCUT2D eigenvalue weighted by Crippen LogP contribution is 2.00. The Labute approximate surface area is 108 Å². The Kier molecular flexibility index (Phi) is 3.76. The maximum absolute atomic E-state index is 11.9. The average Bonchev–Trinajstić information content (AvgIpc) is 2.75. The molecule has 0 aromatic carbocycles. The van der Waals surface area contributed by atoms with Gasteiger partial charge < -0.3 is 9.51 Å². The summed E-state index contributed by atoms with van der Waals surface area (Å²) in [5, 5.41) is 3.64. The topological polar surface area (TPSA) is 118 Å². The zero-order chi connectivity index (χ0) is 13.9. The van der Waals surface area contributed by atoms with Crippen molar-refractivity contribution in [3.05, 3.63) is 40.4 Å². The lowest BCUT2D eigenvalue weighted by Gasteiger charge is -2.04. The Balaban J connectivity index is 2.03. The smallest absolute Gasteiger partial charge is 0.245 e. The predicted molar refractivity (Wildman–Crippen MR) is 65.0 cm³/mol. The van der Waals surface area contributed by atoms with Crippen LogP contribution >= 0.6 is 0 Å². The van der Waals surface area contributed by atoms with Crippen LogP contribution in [0.1, 0.15) is 11.7 Å². The van der Waals surface area contributed by atoms with E-state index in [4.69, 9.17) is 4.52 Å². The third-order valence-corrected chi connectivity index (χ3v) is 3.77. The van der Waals surface area contributed by atoms with Crippen LogP contribution in [0.4, 0.5) is 0 Å². The number of aryl methyl sites for hydroxylation is 1. The molecule has 0 aliphatic carbocycles. The number of hydrogen-bond donors (Lipinski definition) is 2. The number of hydrogen-bond acceptors (Lipinski definition) is 6. The zero-order valence-corrected chi connectivity index (χ0v) is 10.9. The highest BCUT2D eigenvalue weighted by molar-refractivity contribution is 7.89. The minimum atomic E-state index is -3.83. The van der Waals surface area contributed by atoms with Gasteiger partial charge in [-0.05, 0) is 0 Å². The van der Waals surface area contributed by atoms with Crippen molar-refractivity contribution in [2.75, 3.05) is 6.54 Å². The van der Waals surface area contributed by atoms with Crippen molar-refractivity contribution < 1.29 is 12.9 Å². The van der Waals surface area contributed by atoms with Gasteiger partial charge in [0, 0.05) is 38.3 Å². The lowest BCUT2D eigenvalue weighted by molar-refractivity contribution is 0.387. The van der Waals surface area contributed by atoms with E-state index in [1.54, 1.807) is 6.92 Å². The fraction of sp³-hybridized carbons (Fsp3) is 0.300. The average molecular weight is 284 g/mol. The van der Waals surface area contributed by atoms with Crippen molar-refractivity contribution >= 4 is 10.0 Å². The minimum Gasteiger partial charge on any atom is -0.366 e. The number of rotatable bonds is 5. The maximum Gasteiger partial charge on any atom is 0.245 e. The number of aromatic amines is 1. The first-order valence-corrected chi connectivity index (χ1v) is 6.93. The van der Waals surface area contributed by atoms with E-state index < -0.39 is 15.5 Å². The molecule has 2 aromatic heterocycles. The molecule has 0 unspecified atom stereocenters. The van der Waals surface area contributed by atoms with E-state index in [1.165, 1.54) is 6.20 Å². The summed E-state index contributed by atoms with van der Waals surface area (Å²) in [5.41, 5.74) is -0.568. The molecule has 0 aliphatic rings. The van der Waals surface area contributed by atoms with Gasteiger partial charge in [-0.25, -0.2) is 13.1 Å². The van der Waals surface area contributed by atoms with Gasteiger partial charge in [-0.2, -0.15) is 4.98 Å². The molecule has 0 radical (unpaired) electrons. The molecule has 0 bridgehead atoms. The van der Waals surface area contributed by atoms with Gasteiger partial charge in [0.1, 0.15) is 4.90 Å². The van der Waals surface area contributed by atoms with E-state index in [-0.39, 0.29) is 17.9 Å². The standard InChI is InChI=1S/C10H12N4O4S/c1-7-13-10(14-18-7)3-5-12-19(16,17)9-6-11-4-2-8(9)15/h2,4,6,12H,3,5H2,1H3,(H,11,15). The van der Waals surface area contributed by atoms with Crippen LogP contribution in [0, 0.1) is 6.92 Å². The maximum atomic E-state index is 11.9. The summed E-state index contributed by atoms with van der Waals surface area (Å²) in [7, 11) is -3.83. The van der Waals surface area contributed by atoms with Gasteiger partial charge in [0.05, 0.1) is 0 Å². The van der Waals surface area contributed by atoms with E-state index in [0.29, 0.717) is 11.7 Å². The molecule has 102 valence electrons. The van der Waals surface area contributed by atoms with Gasteiger partial charge in [0.25, 0.3) is 0 Å². The second-order valence-electron chi connectivity index (χ2n) is 3.75. The molecule has 2 rings (SSSR count). The van der Waals surface area contributed by atoms with Gasteiger partial charge in [-0.1, -0.05) is 5.16 Å². The van der Waals surface area contributed by atoms with Crippen molar-refractivity contribution in [1.82, 2.24) is 19.8 Å². The molecule has 0 spiro atoms. The van der Waals surface area contributed by atoms with Gasteiger partial charge in [0.15, 0.2) is 5.82 Å². The fourth-order valence-corrected chi connectivity index (χ4v) is 2.51. The Hall–Kier alpha value is -2.00. The number of sulfonamides is 1. The Morgan fingerprint density at radius 3 is 2.89 bits per heavy atom. The van der Waals surface area contributed by atoms with E-state index in [1.807, 2.05) is 0 Å². The third-order valence-electron chi connectivity index (χ3n) is 2.29. The normalized spacial score (nSPS) is 11.6. The number of aromatic nitrogens is 3. The molecular formula is C10H12N4O4S. The van der Waals surface area contributed by atoms with Gasteiger partial charge in [-0.15, -0.1) is 0 Å². The fourth-order valence-electron chi connectivity index (χ4n) is 1.43. The molecule has 0 aliphatic heterocycles. The van der Waals surface area contributed by atoms with Crippen molar-refractivity contribution in [2.24, 2.45) is 0 Å². The molecule has 2 aromatic rings. The van der Waals surface area contributed by atoms with Crippen LogP contribution in [-0.2, 0) is 16.4 Å². The van der Waals surface area contributed by atoms with Gasteiger partial charge in [-0.3, -0.25) is 4.79 Å². The van der Waals surface area contributed by atoms with Crippen LogP contribution in [0.2, 0.25) is 0 Å². The number of nitrogens with zero attached hydrogens (tertiary/aromatic N) is 2. The summed E-state index contributed by atoms with van der Waals surface area (Å²) in [6, 6.07) is 1.15. The Morgan fingerprint density at radius 2 is 2.26 bits per heavy atom. The molecule has 0 saturated carbocycles. The van der Waals surface area contributed by atoms with Crippen LogP contribution < -0.4 is 10.2 Å². The SMILES string of the molecule is Cc1nc(CCNS(=O)(=O)c2c[nH]ccc2=O)no1. The lowest BCUT2D eigenvalue weighted by Crippen LogP contribution is -2.30. The first-order chi connectivity index (χ1) is 8.99. The predicted octanol–water partition coefficient (Wildman–Crippen LogP) is -0.413. The zero-order valence-electron chi connectivity index (χ0n) is 10.1. The number of H-pyrrole nitrogens is 1. The minimum absolute atomic E-state index is 0.0790. The van der Waals surface area contributed by atoms with Crippen LogP contribution in [0.3, 0.4) is 0 Å². The van der Waals surface area contributed by atoms with Crippen LogP contribution in [-0.4, -0.2) is 30.1 Å². The van der Waals surface area contributed by atoms with E-state index in [2.05, 4.69) is 19.8 Å².